The van der Waals surface area contributed by atoms with Gasteiger partial charge in [0.2, 0.25) is 5.91 Å². The highest BCUT2D eigenvalue weighted by Crippen LogP contribution is 2.45. The SMILES string of the molecule is O=C(CCl)N1C[C@H]2CCCC(F)(F)[C@@H]2C1. The molecule has 1 heterocycles. The molecule has 2 atom stereocenters. The van der Waals surface area contributed by atoms with E-state index in [4.69, 9.17) is 11.6 Å². The molecule has 0 spiro atoms. The maximum atomic E-state index is 13.5. The van der Waals surface area contributed by atoms with E-state index in [1.807, 2.05) is 0 Å². The van der Waals surface area contributed by atoms with Gasteiger partial charge in [-0.25, -0.2) is 8.78 Å². The van der Waals surface area contributed by atoms with Crippen LogP contribution in [0.1, 0.15) is 19.3 Å². The molecule has 0 unspecified atom stereocenters. The minimum Gasteiger partial charge on any atom is -0.341 e. The van der Waals surface area contributed by atoms with Crippen LogP contribution in [0.5, 0.6) is 0 Å². The Morgan fingerprint density at radius 2 is 2.20 bits per heavy atom. The van der Waals surface area contributed by atoms with Crippen molar-refractivity contribution in [3.63, 3.8) is 0 Å². The average molecular weight is 238 g/mol. The lowest BCUT2D eigenvalue weighted by Gasteiger charge is -2.32. The molecule has 0 aromatic rings. The van der Waals surface area contributed by atoms with E-state index in [2.05, 4.69) is 0 Å². The Bertz CT molecular complexity index is 272. The van der Waals surface area contributed by atoms with E-state index < -0.39 is 11.8 Å². The average Bonchev–Trinajstić information content (AvgIpc) is 2.61. The Labute approximate surface area is 92.6 Å². The normalized spacial score (nSPS) is 33.9. The maximum Gasteiger partial charge on any atom is 0.252 e. The highest BCUT2D eigenvalue weighted by Gasteiger charge is 2.51. The summed E-state index contributed by atoms with van der Waals surface area (Å²) in [7, 11) is 0. The fraction of sp³-hybridized carbons (Fsp3) is 0.900. The maximum absolute atomic E-state index is 13.5. The monoisotopic (exact) mass is 237 g/mol. The molecule has 0 bridgehead atoms. The second kappa shape index (κ2) is 3.89. The molecule has 2 rings (SSSR count). The van der Waals surface area contributed by atoms with Crippen LogP contribution in [0.4, 0.5) is 8.78 Å². The third-order valence-corrected chi connectivity index (χ3v) is 3.76. The summed E-state index contributed by atoms with van der Waals surface area (Å²) in [6, 6.07) is 0. The molecule has 0 aromatic heterocycles. The molecule has 1 aliphatic carbocycles. The number of hydrogen-bond donors (Lipinski definition) is 0. The van der Waals surface area contributed by atoms with Crippen LogP contribution in [0.2, 0.25) is 0 Å². The summed E-state index contributed by atoms with van der Waals surface area (Å²) in [6.45, 7) is 0.648. The molecule has 1 saturated carbocycles. The lowest BCUT2D eigenvalue weighted by Crippen LogP contribution is -2.38. The first kappa shape index (κ1) is 11.1. The second-order valence-corrected chi connectivity index (χ2v) is 4.72. The molecule has 1 aliphatic heterocycles. The van der Waals surface area contributed by atoms with Crippen molar-refractivity contribution < 1.29 is 13.6 Å². The van der Waals surface area contributed by atoms with Gasteiger partial charge in [-0.15, -0.1) is 11.6 Å². The third-order valence-electron chi connectivity index (χ3n) is 3.54. The quantitative estimate of drug-likeness (QED) is 0.640. The predicted octanol–water partition coefficient (Wildman–Crippen LogP) is 2.12. The minimum atomic E-state index is -2.59. The summed E-state index contributed by atoms with van der Waals surface area (Å²) >= 11 is 5.42. The van der Waals surface area contributed by atoms with Crippen LogP contribution in [0, 0.1) is 11.8 Å². The first-order chi connectivity index (χ1) is 7.04. The number of rotatable bonds is 1. The highest BCUT2D eigenvalue weighted by molar-refractivity contribution is 6.27. The molecule has 1 amide bonds. The van der Waals surface area contributed by atoms with Gasteiger partial charge in [-0.05, 0) is 18.8 Å². The molecule has 0 aromatic carbocycles. The van der Waals surface area contributed by atoms with Crippen molar-refractivity contribution in [2.75, 3.05) is 19.0 Å². The molecular weight excluding hydrogens is 224 g/mol. The van der Waals surface area contributed by atoms with Crippen molar-refractivity contribution in [2.45, 2.75) is 25.2 Å². The van der Waals surface area contributed by atoms with Gasteiger partial charge in [-0.1, -0.05) is 0 Å². The molecule has 0 N–H and O–H groups in total. The number of likely N-dealkylation sites (tertiary alicyclic amines) is 1. The van der Waals surface area contributed by atoms with Crippen molar-refractivity contribution in [3.05, 3.63) is 0 Å². The molecule has 86 valence electrons. The molecule has 15 heavy (non-hydrogen) atoms. The lowest BCUT2D eigenvalue weighted by atomic mass is 9.79. The van der Waals surface area contributed by atoms with Crippen LogP contribution in [0.3, 0.4) is 0 Å². The Hall–Kier alpha value is -0.380. The van der Waals surface area contributed by atoms with E-state index >= 15 is 0 Å². The Morgan fingerprint density at radius 3 is 2.80 bits per heavy atom. The summed E-state index contributed by atoms with van der Waals surface area (Å²) in [6.07, 6.45) is 1.35. The van der Waals surface area contributed by atoms with Gasteiger partial charge in [0, 0.05) is 25.4 Å². The number of carbonyl (C=O) groups excluding carboxylic acids is 1. The van der Waals surface area contributed by atoms with Gasteiger partial charge in [0.15, 0.2) is 0 Å². The molecular formula is C10H14ClF2NO. The van der Waals surface area contributed by atoms with Gasteiger partial charge in [0.25, 0.3) is 5.92 Å². The minimum absolute atomic E-state index is 0.0269. The van der Waals surface area contributed by atoms with Crippen molar-refractivity contribution in [2.24, 2.45) is 11.8 Å². The molecule has 2 nitrogen and oxygen atoms in total. The largest absolute Gasteiger partial charge is 0.341 e. The van der Waals surface area contributed by atoms with E-state index in [0.717, 1.165) is 6.42 Å². The van der Waals surface area contributed by atoms with Crippen LogP contribution >= 0.6 is 11.6 Å². The molecule has 1 saturated heterocycles. The van der Waals surface area contributed by atoms with Crippen molar-refractivity contribution in [1.82, 2.24) is 4.90 Å². The first-order valence-corrected chi connectivity index (χ1v) is 5.79. The number of alkyl halides is 3. The van der Waals surface area contributed by atoms with E-state index in [-0.39, 0.29) is 30.7 Å². The molecule has 2 fully saturated rings. The zero-order chi connectivity index (χ0) is 11.1. The van der Waals surface area contributed by atoms with Crippen LogP contribution < -0.4 is 0 Å². The summed E-state index contributed by atoms with van der Waals surface area (Å²) in [4.78, 5) is 12.8. The van der Waals surface area contributed by atoms with E-state index in [1.165, 1.54) is 4.90 Å². The summed E-state index contributed by atoms with van der Waals surface area (Å²) in [5.41, 5.74) is 0. The third kappa shape index (κ3) is 1.96. The zero-order valence-electron chi connectivity index (χ0n) is 8.39. The van der Waals surface area contributed by atoms with E-state index in [1.54, 1.807) is 0 Å². The van der Waals surface area contributed by atoms with Gasteiger partial charge in [-0.3, -0.25) is 4.79 Å². The van der Waals surface area contributed by atoms with E-state index in [0.29, 0.717) is 13.0 Å². The standard InChI is InChI=1S/C10H14ClF2NO/c11-4-9(15)14-5-7-2-1-3-10(12,13)8(7)6-14/h7-8H,1-6H2/t7-,8-/m1/s1. The van der Waals surface area contributed by atoms with Crippen molar-refractivity contribution >= 4 is 17.5 Å². The van der Waals surface area contributed by atoms with E-state index in [9.17, 15) is 13.6 Å². The first-order valence-electron chi connectivity index (χ1n) is 5.26. The molecule has 0 radical (unpaired) electrons. The fourth-order valence-corrected chi connectivity index (χ4v) is 2.88. The zero-order valence-corrected chi connectivity index (χ0v) is 9.14. The van der Waals surface area contributed by atoms with Gasteiger partial charge in [0.1, 0.15) is 5.88 Å². The summed E-state index contributed by atoms with van der Waals surface area (Å²) in [5.74, 6) is -3.59. The number of fused-ring (bicyclic) bond motifs is 1. The smallest absolute Gasteiger partial charge is 0.252 e. The van der Waals surface area contributed by atoms with Crippen molar-refractivity contribution in [3.8, 4) is 0 Å². The van der Waals surface area contributed by atoms with Crippen LogP contribution in [0.25, 0.3) is 0 Å². The highest BCUT2D eigenvalue weighted by atomic mass is 35.5. The molecule has 5 heteroatoms. The number of nitrogens with zero attached hydrogens (tertiary/aromatic N) is 1. The molecule has 2 aliphatic rings. The van der Waals surface area contributed by atoms with Gasteiger partial charge < -0.3 is 4.90 Å². The Morgan fingerprint density at radius 1 is 1.47 bits per heavy atom. The van der Waals surface area contributed by atoms with Gasteiger partial charge in [0.05, 0.1) is 0 Å². The topological polar surface area (TPSA) is 20.3 Å². The van der Waals surface area contributed by atoms with Crippen LogP contribution in [0.15, 0.2) is 0 Å². The fourth-order valence-electron chi connectivity index (χ4n) is 2.72. The summed E-state index contributed by atoms with van der Waals surface area (Å²) in [5, 5.41) is 0. The number of amides is 1. The van der Waals surface area contributed by atoms with Crippen molar-refractivity contribution in [1.29, 1.82) is 0 Å². The van der Waals surface area contributed by atoms with Crippen LogP contribution in [-0.4, -0.2) is 35.7 Å². The van der Waals surface area contributed by atoms with Gasteiger partial charge >= 0.3 is 0 Å². The van der Waals surface area contributed by atoms with Gasteiger partial charge in [-0.2, -0.15) is 0 Å². The van der Waals surface area contributed by atoms with Crippen LogP contribution in [-0.2, 0) is 4.79 Å². The Balaban J connectivity index is 2.08. The number of halogens is 3. The summed E-state index contributed by atoms with van der Waals surface area (Å²) < 4.78 is 27.1. The second-order valence-electron chi connectivity index (χ2n) is 4.45. The predicted molar refractivity (Wildman–Crippen MR) is 53.1 cm³/mol. The lowest BCUT2D eigenvalue weighted by molar-refractivity contribution is -0.128. The number of hydrogen-bond acceptors (Lipinski definition) is 1. The Kier molecular flexibility index (Phi) is 2.88. The number of carbonyl (C=O) groups is 1.